The van der Waals surface area contributed by atoms with Crippen molar-refractivity contribution in [1.82, 2.24) is 0 Å². The maximum absolute atomic E-state index is 11.8. The second-order valence-electron chi connectivity index (χ2n) is 6.10. The van der Waals surface area contributed by atoms with Gasteiger partial charge in [-0.05, 0) is 31.8 Å². The van der Waals surface area contributed by atoms with Crippen LogP contribution in [0.15, 0.2) is 12.2 Å². The van der Waals surface area contributed by atoms with Crippen molar-refractivity contribution in [2.45, 2.75) is 89.8 Å². The van der Waals surface area contributed by atoms with Crippen molar-refractivity contribution >= 4 is 11.8 Å². The minimum absolute atomic E-state index is 0.114. The molecule has 22 heavy (non-hydrogen) atoms. The van der Waals surface area contributed by atoms with Gasteiger partial charge in [-0.1, -0.05) is 51.5 Å². The van der Waals surface area contributed by atoms with E-state index < -0.39 is 5.97 Å². The molecule has 2 atom stereocenters. The molecule has 0 radical (unpaired) electrons. The number of allylic oxidation sites excluding steroid dienone is 1. The first-order valence-electron chi connectivity index (χ1n) is 8.72. The first-order chi connectivity index (χ1) is 10.6. The Labute approximate surface area is 133 Å². The van der Waals surface area contributed by atoms with Crippen LogP contribution in [-0.2, 0) is 14.3 Å². The highest BCUT2D eigenvalue weighted by atomic mass is 16.6. The van der Waals surface area contributed by atoms with Crippen LogP contribution in [0.3, 0.4) is 0 Å². The molecule has 0 aromatic carbocycles. The van der Waals surface area contributed by atoms with E-state index in [1.165, 1.54) is 12.8 Å². The zero-order valence-electron chi connectivity index (χ0n) is 13.8. The number of epoxide rings is 1. The SMILES string of the molecule is CCCCC[C@H]1O[C@H]1C(=O)/C=C/CCCCCCCC(=O)O. The summed E-state index contributed by atoms with van der Waals surface area (Å²) in [6.07, 6.45) is 14.3. The van der Waals surface area contributed by atoms with Crippen LogP contribution in [-0.4, -0.2) is 29.1 Å². The molecule has 0 spiro atoms. The Morgan fingerprint density at radius 2 is 1.77 bits per heavy atom. The van der Waals surface area contributed by atoms with Crippen LogP contribution in [0.2, 0.25) is 0 Å². The third-order valence-electron chi connectivity index (χ3n) is 4.00. The van der Waals surface area contributed by atoms with Crippen LogP contribution in [0.25, 0.3) is 0 Å². The minimum atomic E-state index is -0.711. The van der Waals surface area contributed by atoms with Gasteiger partial charge in [-0.15, -0.1) is 0 Å². The smallest absolute Gasteiger partial charge is 0.303 e. The predicted molar refractivity (Wildman–Crippen MR) is 86.9 cm³/mol. The minimum Gasteiger partial charge on any atom is -0.481 e. The number of ketones is 1. The van der Waals surface area contributed by atoms with Crippen molar-refractivity contribution in [3.8, 4) is 0 Å². The van der Waals surface area contributed by atoms with Gasteiger partial charge in [-0.25, -0.2) is 0 Å². The van der Waals surface area contributed by atoms with Gasteiger partial charge in [0.2, 0.25) is 0 Å². The van der Waals surface area contributed by atoms with E-state index in [0.717, 1.165) is 51.4 Å². The summed E-state index contributed by atoms with van der Waals surface area (Å²) >= 11 is 0. The molecule has 1 rings (SSSR count). The number of hydrogen-bond donors (Lipinski definition) is 1. The lowest BCUT2D eigenvalue weighted by Gasteiger charge is -1.98. The standard InChI is InChI=1S/C18H30O4/c1-2-3-9-13-16-18(22-16)15(19)12-10-7-5-4-6-8-11-14-17(20)21/h10,12,16,18H,2-9,11,13-14H2,1H3,(H,20,21)/b12-10+/t16-,18+/m1/s1. The van der Waals surface area contributed by atoms with Gasteiger partial charge in [0.1, 0.15) is 6.10 Å². The van der Waals surface area contributed by atoms with Crippen LogP contribution in [0.4, 0.5) is 0 Å². The monoisotopic (exact) mass is 310 g/mol. The Morgan fingerprint density at radius 1 is 1.05 bits per heavy atom. The van der Waals surface area contributed by atoms with Crippen molar-refractivity contribution < 1.29 is 19.4 Å². The molecule has 1 N–H and O–H groups in total. The molecule has 1 heterocycles. The molecule has 1 saturated heterocycles. The average molecular weight is 310 g/mol. The number of rotatable bonds is 14. The number of hydrogen-bond acceptors (Lipinski definition) is 3. The van der Waals surface area contributed by atoms with E-state index in [-0.39, 0.29) is 24.4 Å². The van der Waals surface area contributed by atoms with Crippen LogP contribution in [0.5, 0.6) is 0 Å². The van der Waals surface area contributed by atoms with Gasteiger partial charge in [-0.2, -0.15) is 0 Å². The lowest BCUT2D eigenvalue weighted by Crippen LogP contribution is -2.06. The fourth-order valence-corrected chi connectivity index (χ4v) is 2.57. The van der Waals surface area contributed by atoms with Crippen LogP contribution >= 0.6 is 0 Å². The van der Waals surface area contributed by atoms with Gasteiger partial charge in [0.05, 0.1) is 6.10 Å². The fraction of sp³-hybridized carbons (Fsp3) is 0.778. The first-order valence-corrected chi connectivity index (χ1v) is 8.72. The average Bonchev–Trinajstić information content (AvgIpc) is 3.25. The second-order valence-corrected chi connectivity index (χ2v) is 6.10. The van der Waals surface area contributed by atoms with Crippen molar-refractivity contribution in [3.63, 3.8) is 0 Å². The summed E-state index contributed by atoms with van der Waals surface area (Å²) in [4.78, 5) is 22.2. The fourth-order valence-electron chi connectivity index (χ4n) is 2.57. The third-order valence-corrected chi connectivity index (χ3v) is 4.00. The van der Waals surface area contributed by atoms with E-state index in [1.54, 1.807) is 6.08 Å². The summed E-state index contributed by atoms with van der Waals surface area (Å²) in [5, 5.41) is 8.52. The topological polar surface area (TPSA) is 66.9 Å². The molecule has 0 aliphatic carbocycles. The van der Waals surface area contributed by atoms with E-state index in [9.17, 15) is 9.59 Å². The van der Waals surface area contributed by atoms with Crippen molar-refractivity contribution in [2.75, 3.05) is 0 Å². The summed E-state index contributed by atoms with van der Waals surface area (Å²) in [7, 11) is 0. The maximum atomic E-state index is 11.8. The quantitative estimate of drug-likeness (QED) is 0.295. The number of unbranched alkanes of at least 4 members (excludes halogenated alkanes) is 7. The van der Waals surface area contributed by atoms with Gasteiger partial charge in [0, 0.05) is 6.42 Å². The van der Waals surface area contributed by atoms with E-state index in [2.05, 4.69) is 6.92 Å². The van der Waals surface area contributed by atoms with Crippen molar-refractivity contribution in [3.05, 3.63) is 12.2 Å². The largest absolute Gasteiger partial charge is 0.481 e. The van der Waals surface area contributed by atoms with Crippen LogP contribution in [0.1, 0.15) is 77.6 Å². The van der Waals surface area contributed by atoms with Gasteiger partial charge >= 0.3 is 5.97 Å². The van der Waals surface area contributed by atoms with E-state index in [0.29, 0.717) is 0 Å². The molecule has 4 heteroatoms. The zero-order valence-corrected chi connectivity index (χ0v) is 13.8. The Morgan fingerprint density at radius 3 is 2.50 bits per heavy atom. The van der Waals surface area contributed by atoms with Gasteiger partial charge in [-0.3, -0.25) is 9.59 Å². The molecule has 0 bridgehead atoms. The molecule has 1 aliphatic heterocycles. The molecule has 1 fully saturated rings. The molecule has 126 valence electrons. The number of ether oxygens (including phenoxy) is 1. The normalized spacial score (nSPS) is 20.4. The van der Waals surface area contributed by atoms with Crippen molar-refractivity contribution in [1.29, 1.82) is 0 Å². The molecule has 4 nitrogen and oxygen atoms in total. The molecule has 0 aromatic rings. The highest BCUT2D eigenvalue weighted by Gasteiger charge is 2.42. The first kappa shape index (κ1) is 18.9. The highest BCUT2D eigenvalue weighted by Crippen LogP contribution is 2.28. The molecule has 0 aromatic heterocycles. The van der Waals surface area contributed by atoms with E-state index in [4.69, 9.17) is 9.84 Å². The molecule has 0 saturated carbocycles. The molecule has 1 aliphatic rings. The van der Waals surface area contributed by atoms with Crippen LogP contribution < -0.4 is 0 Å². The number of carbonyl (C=O) groups is 2. The Balaban J connectivity index is 1.93. The lowest BCUT2D eigenvalue weighted by atomic mass is 10.1. The van der Waals surface area contributed by atoms with E-state index in [1.807, 2.05) is 6.08 Å². The summed E-state index contributed by atoms with van der Waals surface area (Å²) in [6, 6.07) is 0. The third kappa shape index (κ3) is 8.98. The number of carboxylic acid groups (broad SMARTS) is 1. The Kier molecular flexibility index (Phi) is 9.80. The van der Waals surface area contributed by atoms with Gasteiger partial charge in [0.15, 0.2) is 5.78 Å². The summed E-state index contributed by atoms with van der Waals surface area (Å²) in [5.74, 6) is -0.598. The number of carboxylic acids is 1. The molecular formula is C18H30O4. The highest BCUT2D eigenvalue weighted by molar-refractivity contribution is 5.95. The lowest BCUT2D eigenvalue weighted by molar-refractivity contribution is -0.137. The molecule has 0 unspecified atom stereocenters. The summed E-state index contributed by atoms with van der Waals surface area (Å²) in [6.45, 7) is 2.17. The second kappa shape index (κ2) is 11.4. The zero-order chi connectivity index (χ0) is 16.2. The number of aliphatic carboxylic acids is 1. The maximum Gasteiger partial charge on any atom is 0.303 e. The summed E-state index contributed by atoms with van der Waals surface area (Å²) in [5.41, 5.74) is 0. The van der Waals surface area contributed by atoms with Crippen molar-refractivity contribution in [2.24, 2.45) is 0 Å². The Hall–Kier alpha value is -1.16. The summed E-state index contributed by atoms with van der Waals surface area (Å²) < 4.78 is 5.42. The van der Waals surface area contributed by atoms with Gasteiger partial charge < -0.3 is 9.84 Å². The van der Waals surface area contributed by atoms with Gasteiger partial charge in [0.25, 0.3) is 0 Å². The molecule has 0 amide bonds. The Bertz CT molecular complexity index is 362. The van der Waals surface area contributed by atoms with E-state index >= 15 is 0 Å². The predicted octanol–water partition coefficient (Wildman–Crippen LogP) is 4.27. The van der Waals surface area contributed by atoms with Crippen LogP contribution in [0, 0.1) is 0 Å². The number of carbonyl (C=O) groups excluding carboxylic acids is 1. The molecular weight excluding hydrogens is 280 g/mol.